The third kappa shape index (κ3) is 1.55. The van der Waals surface area contributed by atoms with Crippen LogP contribution in [0, 0.1) is 18.6 Å². The van der Waals surface area contributed by atoms with Crippen molar-refractivity contribution in [1.29, 1.82) is 0 Å². The van der Waals surface area contributed by atoms with Gasteiger partial charge >= 0.3 is 0 Å². The van der Waals surface area contributed by atoms with Gasteiger partial charge in [0.2, 0.25) is 0 Å². The second-order valence-electron chi connectivity index (χ2n) is 4.53. The molecular weight excluding hydrogens is 196 g/mol. The maximum Gasteiger partial charge on any atom is 0.129 e. The molecule has 2 N–H and O–H groups in total. The highest BCUT2D eigenvalue weighted by Crippen LogP contribution is 2.51. The Morgan fingerprint density at radius 3 is 2.33 bits per heavy atom. The van der Waals surface area contributed by atoms with Crippen molar-refractivity contribution in [1.82, 2.24) is 0 Å². The summed E-state index contributed by atoms with van der Waals surface area (Å²) in [6.45, 7) is 3.53. The zero-order valence-electron chi connectivity index (χ0n) is 8.98. The number of nitrogens with two attached hydrogens (primary N) is 1. The Morgan fingerprint density at radius 2 is 1.87 bits per heavy atom. The van der Waals surface area contributed by atoms with E-state index < -0.39 is 11.6 Å². The second kappa shape index (κ2) is 3.27. The van der Waals surface area contributed by atoms with Gasteiger partial charge in [0, 0.05) is 17.5 Å². The molecule has 1 atom stereocenters. The van der Waals surface area contributed by atoms with Crippen molar-refractivity contribution in [2.24, 2.45) is 5.73 Å². The van der Waals surface area contributed by atoms with Gasteiger partial charge in [0.1, 0.15) is 11.6 Å². The van der Waals surface area contributed by atoms with E-state index >= 15 is 0 Å². The minimum atomic E-state index is -0.489. The van der Waals surface area contributed by atoms with Gasteiger partial charge in [-0.15, -0.1) is 0 Å². The summed E-state index contributed by atoms with van der Waals surface area (Å²) in [7, 11) is 0. The molecule has 82 valence electrons. The quantitative estimate of drug-likeness (QED) is 0.799. The van der Waals surface area contributed by atoms with E-state index in [2.05, 4.69) is 0 Å². The molecule has 0 aromatic heterocycles. The van der Waals surface area contributed by atoms with E-state index in [0.29, 0.717) is 11.1 Å². The highest BCUT2D eigenvalue weighted by atomic mass is 19.1. The molecule has 0 radical (unpaired) electrons. The Kier molecular flexibility index (Phi) is 2.30. The standard InChI is InChI=1S/C12H15F2N/c1-7-5-9(11(14)6-10(7)13)12(3-4-12)8(2)15/h5-6,8H,3-4,15H2,1-2H3. The lowest BCUT2D eigenvalue weighted by Gasteiger charge is -2.21. The largest absolute Gasteiger partial charge is 0.327 e. The van der Waals surface area contributed by atoms with Crippen molar-refractivity contribution in [3.05, 3.63) is 34.9 Å². The molecule has 1 aromatic rings. The summed E-state index contributed by atoms with van der Waals surface area (Å²) in [4.78, 5) is 0. The highest BCUT2D eigenvalue weighted by molar-refractivity contribution is 5.38. The predicted octanol–water partition coefficient (Wildman–Crippen LogP) is 2.65. The van der Waals surface area contributed by atoms with Crippen molar-refractivity contribution >= 4 is 0 Å². The normalized spacial score (nSPS) is 20.1. The third-order valence-corrected chi connectivity index (χ3v) is 3.45. The van der Waals surface area contributed by atoms with Gasteiger partial charge in [0.25, 0.3) is 0 Å². The Morgan fingerprint density at radius 1 is 1.27 bits per heavy atom. The summed E-state index contributed by atoms with van der Waals surface area (Å²) >= 11 is 0. The molecule has 1 fully saturated rings. The van der Waals surface area contributed by atoms with Gasteiger partial charge in [-0.25, -0.2) is 8.78 Å². The van der Waals surface area contributed by atoms with Crippen LogP contribution in [0.3, 0.4) is 0 Å². The third-order valence-electron chi connectivity index (χ3n) is 3.45. The maximum absolute atomic E-state index is 13.6. The highest BCUT2D eigenvalue weighted by Gasteiger charge is 2.49. The van der Waals surface area contributed by atoms with E-state index in [1.165, 1.54) is 0 Å². The molecule has 15 heavy (non-hydrogen) atoms. The monoisotopic (exact) mass is 211 g/mol. The molecule has 1 aromatic carbocycles. The topological polar surface area (TPSA) is 26.0 Å². The molecule has 0 bridgehead atoms. The molecule has 0 amide bonds. The van der Waals surface area contributed by atoms with E-state index in [9.17, 15) is 8.78 Å². The average molecular weight is 211 g/mol. The smallest absolute Gasteiger partial charge is 0.129 e. The molecule has 1 aliphatic carbocycles. The first-order chi connectivity index (χ1) is 6.97. The lowest BCUT2D eigenvalue weighted by molar-refractivity contribution is 0.501. The number of benzene rings is 1. The van der Waals surface area contributed by atoms with Gasteiger partial charge in [-0.3, -0.25) is 0 Å². The van der Waals surface area contributed by atoms with E-state index in [4.69, 9.17) is 5.73 Å². The van der Waals surface area contributed by atoms with Crippen LogP contribution in [0.15, 0.2) is 12.1 Å². The number of hydrogen-bond donors (Lipinski definition) is 1. The average Bonchev–Trinajstić information content (AvgIpc) is 2.92. The molecule has 0 spiro atoms. The van der Waals surface area contributed by atoms with Crippen LogP contribution < -0.4 is 5.73 Å². The summed E-state index contributed by atoms with van der Waals surface area (Å²) in [5.74, 6) is -0.954. The van der Waals surface area contributed by atoms with Crippen molar-refractivity contribution < 1.29 is 8.78 Å². The molecule has 1 nitrogen and oxygen atoms in total. The Balaban J connectivity index is 2.49. The maximum atomic E-state index is 13.6. The van der Waals surface area contributed by atoms with Gasteiger partial charge in [-0.2, -0.15) is 0 Å². The van der Waals surface area contributed by atoms with Crippen LogP contribution in [-0.4, -0.2) is 6.04 Å². The second-order valence-corrected chi connectivity index (χ2v) is 4.53. The first-order valence-corrected chi connectivity index (χ1v) is 5.19. The summed E-state index contributed by atoms with van der Waals surface area (Å²) in [6, 6.07) is 2.48. The lowest BCUT2D eigenvalue weighted by Crippen LogP contribution is -2.32. The van der Waals surface area contributed by atoms with Crippen LogP contribution in [0.2, 0.25) is 0 Å². The molecule has 1 aliphatic rings. The van der Waals surface area contributed by atoms with Gasteiger partial charge < -0.3 is 5.73 Å². The fraction of sp³-hybridized carbons (Fsp3) is 0.500. The summed E-state index contributed by atoms with van der Waals surface area (Å²) in [6.07, 6.45) is 1.79. The molecular formula is C12H15F2N. The Bertz CT molecular complexity index is 395. The van der Waals surface area contributed by atoms with Crippen LogP contribution in [0.1, 0.15) is 30.9 Å². The zero-order valence-corrected chi connectivity index (χ0v) is 8.98. The number of rotatable bonds is 2. The van der Waals surface area contributed by atoms with Crippen LogP contribution in [0.4, 0.5) is 8.78 Å². The van der Waals surface area contributed by atoms with Crippen molar-refractivity contribution in [2.75, 3.05) is 0 Å². The summed E-state index contributed by atoms with van der Waals surface area (Å²) in [5.41, 5.74) is 6.68. The van der Waals surface area contributed by atoms with Gasteiger partial charge in [0.15, 0.2) is 0 Å². The van der Waals surface area contributed by atoms with Crippen molar-refractivity contribution in [2.45, 2.75) is 38.1 Å². The SMILES string of the molecule is Cc1cc(C2(C(C)N)CC2)c(F)cc1F. The molecule has 3 heteroatoms. The number of hydrogen-bond acceptors (Lipinski definition) is 1. The van der Waals surface area contributed by atoms with Crippen LogP contribution in [0.25, 0.3) is 0 Å². The molecule has 0 saturated heterocycles. The van der Waals surface area contributed by atoms with Crippen LogP contribution in [-0.2, 0) is 5.41 Å². The minimum absolute atomic E-state index is 0.0862. The molecule has 0 aliphatic heterocycles. The summed E-state index contributed by atoms with van der Waals surface area (Å²) < 4.78 is 26.7. The van der Waals surface area contributed by atoms with E-state index in [1.807, 2.05) is 6.92 Å². The molecule has 1 saturated carbocycles. The number of aryl methyl sites for hydroxylation is 1. The van der Waals surface area contributed by atoms with Crippen LogP contribution in [0.5, 0.6) is 0 Å². The predicted molar refractivity (Wildman–Crippen MR) is 55.7 cm³/mol. The van der Waals surface area contributed by atoms with Gasteiger partial charge in [-0.05, 0) is 43.9 Å². The Hall–Kier alpha value is -0.960. The summed E-state index contributed by atoms with van der Waals surface area (Å²) in [5, 5.41) is 0. The Labute approximate surface area is 88.3 Å². The minimum Gasteiger partial charge on any atom is -0.327 e. The number of halogens is 2. The van der Waals surface area contributed by atoms with Crippen molar-refractivity contribution in [3.63, 3.8) is 0 Å². The van der Waals surface area contributed by atoms with Crippen LogP contribution >= 0.6 is 0 Å². The van der Waals surface area contributed by atoms with Gasteiger partial charge in [-0.1, -0.05) is 0 Å². The molecule has 0 heterocycles. The fourth-order valence-electron chi connectivity index (χ4n) is 2.14. The lowest BCUT2D eigenvalue weighted by atomic mass is 9.88. The molecule has 1 unspecified atom stereocenters. The van der Waals surface area contributed by atoms with Gasteiger partial charge in [0.05, 0.1) is 0 Å². The fourth-order valence-corrected chi connectivity index (χ4v) is 2.14. The van der Waals surface area contributed by atoms with E-state index in [1.54, 1.807) is 13.0 Å². The first-order valence-electron chi connectivity index (χ1n) is 5.19. The van der Waals surface area contributed by atoms with E-state index in [0.717, 1.165) is 18.9 Å². The zero-order chi connectivity index (χ0) is 11.2. The van der Waals surface area contributed by atoms with E-state index in [-0.39, 0.29) is 11.5 Å². The first kappa shape index (κ1) is 10.6. The molecule has 2 rings (SSSR count). The van der Waals surface area contributed by atoms with Crippen molar-refractivity contribution in [3.8, 4) is 0 Å².